The van der Waals surface area contributed by atoms with Gasteiger partial charge in [0.1, 0.15) is 29.0 Å². The van der Waals surface area contributed by atoms with Crippen molar-refractivity contribution in [1.29, 1.82) is 0 Å². The first-order valence-corrected chi connectivity index (χ1v) is 13.2. The highest BCUT2D eigenvalue weighted by Crippen LogP contribution is 2.31. The summed E-state index contributed by atoms with van der Waals surface area (Å²) in [6.07, 6.45) is 2.76. The van der Waals surface area contributed by atoms with E-state index >= 15 is 0 Å². The number of fused-ring (bicyclic) bond motifs is 1. The molecule has 0 N–H and O–H groups in total. The second kappa shape index (κ2) is 11.3. The number of aromatic nitrogens is 4. The Morgan fingerprint density at radius 3 is 2.26 bits per heavy atom. The number of hydrogen-bond acceptors (Lipinski definition) is 7. The molecule has 0 unspecified atom stereocenters. The van der Waals surface area contributed by atoms with Gasteiger partial charge >= 0.3 is 0 Å². The summed E-state index contributed by atoms with van der Waals surface area (Å²) < 4.78 is 26.0. The molecule has 1 aliphatic rings. The van der Waals surface area contributed by atoms with E-state index in [1.54, 1.807) is 49.2 Å². The fraction of sp³-hybridized carbons (Fsp3) is 0.379. The Balaban J connectivity index is 1.45. The number of rotatable bonds is 8. The molecule has 9 nitrogen and oxygen atoms in total. The van der Waals surface area contributed by atoms with Crippen LogP contribution in [0.25, 0.3) is 16.7 Å². The highest BCUT2D eigenvalue weighted by Gasteiger charge is 2.27. The number of hydrogen-bond donors (Lipinski definition) is 0. The molecule has 204 valence electrons. The number of benzene rings is 2. The number of anilines is 1. The maximum Gasteiger partial charge on any atom is 0.254 e. The topological polar surface area (TPSA) is 85.6 Å². The molecule has 4 aromatic rings. The van der Waals surface area contributed by atoms with Crippen molar-refractivity contribution in [3.63, 3.8) is 0 Å². The van der Waals surface area contributed by atoms with Crippen LogP contribution >= 0.6 is 0 Å². The van der Waals surface area contributed by atoms with Gasteiger partial charge in [-0.15, -0.1) is 0 Å². The maximum atomic E-state index is 13.6. The summed E-state index contributed by atoms with van der Waals surface area (Å²) in [6.45, 7) is 6.40. The third kappa shape index (κ3) is 5.36. The lowest BCUT2D eigenvalue weighted by molar-refractivity contribution is 0.0746. The Morgan fingerprint density at radius 1 is 0.974 bits per heavy atom. The van der Waals surface area contributed by atoms with Crippen LogP contribution in [0.1, 0.15) is 41.6 Å². The Kier molecular flexibility index (Phi) is 7.63. The summed E-state index contributed by atoms with van der Waals surface area (Å²) in [5.41, 5.74) is 2.78. The number of carbonyl (C=O) groups is 1. The lowest BCUT2D eigenvalue weighted by Crippen LogP contribution is -2.49. The molecule has 39 heavy (non-hydrogen) atoms. The first-order valence-electron chi connectivity index (χ1n) is 13.2. The summed E-state index contributed by atoms with van der Waals surface area (Å²) in [6, 6.07) is 11.5. The third-order valence-electron chi connectivity index (χ3n) is 7.02. The van der Waals surface area contributed by atoms with Gasteiger partial charge in [-0.3, -0.25) is 4.79 Å². The van der Waals surface area contributed by atoms with Crippen LogP contribution in [0.5, 0.6) is 11.5 Å². The Bertz CT molecular complexity index is 1460. The summed E-state index contributed by atoms with van der Waals surface area (Å²) >= 11 is 0. The molecular formula is C29H33FN6O3. The van der Waals surface area contributed by atoms with Crippen molar-refractivity contribution in [2.45, 2.75) is 33.1 Å². The molecular weight excluding hydrogens is 499 g/mol. The normalized spacial score (nSPS) is 13.7. The molecule has 10 heteroatoms. The lowest BCUT2D eigenvalue weighted by atomic mass is 10.1. The quantitative estimate of drug-likeness (QED) is 0.328. The second-order valence-corrected chi connectivity index (χ2v) is 9.62. The molecule has 0 saturated carbocycles. The monoisotopic (exact) mass is 532 g/mol. The molecule has 1 saturated heterocycles. The van der Waals surface area contributed by atoms with Gasteiger partial charge in [0.25, 0.3) is 5.91 Å². The number of methoxy groups -OCH3 is 2. The molecule has 0 spiro atoms. The van der Waals surface area contributed by atoms with E-state index in [9.17, 15) is 9.18 Å². The van der Waals surface area contributed by atoms with Gasteiger partial charge in [-0.1, -0.05) is 13.3 Å². The molecule has 2 aromatic heterocycles. The van der Waals surface area contributed by atoms with Crippen molar-refractivity contribution >= 4 is 22.8 Å². The van der Waals surface area contributed by atoms with Crippen LogP contribution in [0.4, 0.5) is 10.2 Å². The van der Waals surface area contributed by atoms with Crippen LogP contribution in [0.2, 0.25) is 0 Å². The summed E-state index contributed by atoms with van der Waals surface area (Å²) in [5.74, 6) is 2.37. The molecule has 1 amide bonds. The first-order chi connectivity index (χ1) is 18.9. The predicted molar refractivity (Wildman–Crippen MR) is 148 cm³/mol. The first kappa shape index (κ1) is 26.4. The maximum absolute atomic E-state index is 13.6. The van der Waals surface area contributed by atoms with E-state index < -0.39 is 0 Å². The van der Waals surface area contributed by atoms with Gasteiger partial charge in [0, 0.05) is 44.2 Å². The zero-order valence-electron chi connectivity index (χ0n) is 22.8. The van der Waals surface area contributed by atoms with Crippen LogP contribution in [0.15, 0.2) is 42.5 Å². The van der Waals surface area contributed by atoms with Gasteiger partial charge in [-0.05, 0) is 49.7 Å². The van der Waals surface area contributed by atoms with E-state index in [2.05, 4.69) is 11.8 Å². The highest BCUT2D eigenvalue weighted by molar-refractivity contribution is 5.95. The van der Waals surface area contributed by atoms with E-state index in [1.165, 1.54) is 12.1 Å². The van der Waals surface area contributed by atoms with E-state index in [4.69, 9.17) is 24.5 Å². The van der Waals surface area contributed by atoms with Gasteiger partial charge < -0.3 is 19.3 Å². The average molecular weight is 533 g/mol. The SMILES string of the molecule is CCCCc1nc(N2CCN(C(=O)c3cc(OC)cc(OC)c3)CC2)c2c(C)nn(-c3ccc(F)cc3)c2n1. The zero-order chi connectivity index (χ0) is 27.5. The van der Waals surface area contributed by atoms with Crippen molar-refractivity contribution < 1.29 is 18.7 Å². The number of piperazine rings is 1. The minimum absolute atomic E-state index is 0.0661. The van der Waals surface area contributed by atoms with Crippen molar-refractivity contribution in [3.05, 3.63) is 65.4 Å². The molecule has 1 aliphatic heterocycles. The van der Waals surface area contributed by atoms with Gasteiger partial charge in [0.2, 0.25) is 0 Å². The van der Waals surface area contributed by atoms with Gasteiger partial charge in [-0.2, -0.15) is 5.10 Å². The molecule has 0 radical (unpaired) electrons. The van der Waals surface area contributed by atoms with Crippen LogP contribution in [-0.2, 0) is 6.42 Å². The van der Waals surface area contributed by atoms with Crippen LogP contribution in [0.3, 0.4) is 0 Å². The minimum Gasteiger partial charge on any atom is -0.497 e. The molecule has 1 fully saturated rings. The number of ether oxygens (including phenoxy) is 2. The lowest BCUT2D eigenvalue weighted by Gasteiger charge is -2.36. The second-order valence-electron chi connectivity index (χ2n) is 9.62. The van der Waals surface area contributed by atoms with E-state index in [0.29, 0.717) is 48.9 Å². The average Bonchev–Trinajstić information content (AvgIpc) is 3.31. The Labute approximate surface area is 227 Å². The largest absolute Gasteiger partial charge is 0.497 e. The number of aryl methyl sites for hydroxylation is 2. The number of carbonyl (C=O) groups excluding carboxylic acids is 1. The van der Waals surface area contributed by atoms with Crippen molar-refractivity contribution in [2.24, 2.45) is 0 Å². The van der Waals surface area contributed by atoms with Gasteiger partial charge in [-0.25, -0.2) is 19.0 Å². The fourth-order valence-corrected chi connectivity index (χ4v) is 4.88. The fourth-order valence-electron chi connectivity index (χ4n) is 4.88. The number of nitrogens with zero attached hydrogens (tertiary/aromatic N) is 6. The smallest absolute Gasteiger partial charge is 0.254 e. The molecule has 0 aliphatic carbocycles. The van der Waals surface area contributed by atoms with Crippen LogP contribution < -0.4 is 14.4 Å². The predicted octanol–water partition coefficient (Wildman–Crippen LogP) is 4.59. The molecule has 2 aromatic carbocycles. The van der Waals surface area contributed by atoms with Crippen molar-refractivity contribution in [2.75, 3.05) is 45.3 Å². The molecule has 3 heterocycles. The summed E-state index contributed by atoms with van der Waals surface area (Å²) in [7, 11) is 3.14. The number of amides is 1. The Hall–Kier alpha value is -4.21. The molecule has 0 atom stereocenters. The van der Waals surface area contributed by atoms with Crippen molar-refractivity contribution in [1.82, 2.24) is 24.6 Å². The van der Waals surface area contributed by atoms with Gasteiger partial charge in [0.05, 0.1) is 31.0 Å². The van der Waals surface area contributed by atoms with Crippen molar-refractivity contribution in [3.8, 4) is 17.2 Å². The van der Waals surface area contributed by atoms with Crippen LogP contribution in [0, 0.1) is 12.7 Å². The zero-order valence-corrected chi connectivity index (χ0v) is 22.8. The van der Waals surface area contributed by atoms with Gasteiger partial charge in [0.15, 0.2) is 5.65 Å². The highest BCUT2D eigenvalue weighted by atomic mass is 19.1. The summed E-state index contributed by atoms with van der Waals surface area (Å²) in [5, 5.41) is 5.63. The minimum atomic E-state index is -0.300. The Morgan fingerprint density at radius 2 is 1.64 bits per heavy atom. The number of unbranched alkanes of at least 4 members (excludes halogenated alkanes) is 1. The third-order valence-corrected chi connectivity index (χ3v) is 7.02. The summed E-state index contributed by atoms with van der Waals surface area (Å²) in [4.78, 5) is 27.2. The van der Waals surface area contributed by atoms with E-state index in [-0.39, 0.29) is 11.7 Å². The van der Waals surface area contributed by atoms with E-state index in [0.717, 1.165) is 47.7 Å². The van der Waals surface area contributed by atoms with E-state index in [1.807, 2.05) is 11.8 Å². The standard InChI is InChI=1S/C29H33FN6O3/c1-5-6-7-25-31-27(26-19(2)33-36(28(26)32-25)22-10-8-21(30)9-11-22)34-12-14-35(15-13-34)29(37)20-16-23(38-3)18-24(17-20)39-4/h8-11,16-18H,5-7,12-15H2,1-4H3. The number of halogens is 1. The van der Waals surface area contributed by atoms with Crippen LogP contribution in [-0.4, -0.2) is 71.0 Å². The molecule has 5 rings (SSSR count). The molecule has 0 bridgehead atoms.